The van der Waals surface area contributed by atoms with Crippen LogP contribution in [0.3, 0.4) is 0 Å². The summed E-state index contributed by atoms with van der Waals surface area (Å²) in [6.45, 7) is 0. The van der Waals surface area contributed by atoms with Gasteiger partial charge in [-0.1, -0.05) is 0 Å². The lowest BCUT2D eigenvalue weighted by molar-refractivity contribution is 0.216. The molecule has 0 aromatic rings. The van der Waals surface area contributed by atoms with E-state index in [1.165, 1.54) is 0 Å². The van der Waals surface area contributed by atoms with E-state index in [4.69, 9.17) is 5.84 Å². The topological polar surface area (TPSA) is 70.4 Å². The number of amides is 2. The van der Waals surface area contributed by atoms with Crippen LogP contribution in [-0.4, -0.2) is 16.5 Å². The van der Waals surface area contributed by atoms with E-state index < -0.39 is 5.50 Å². The molecule has 0 spiro atoms. The van der Waals surface area contributed by atoms with E-state index in [1.54, 1.807) is 0 Å². The Balaban J connectivity index is 2.56. The lowest BCUT2D eigenvalue weighted by Crippen LogP contribution is -2.38. The number of hydrazine groups is 2. The SMILES string of the molecule is NN1C(=O)NNC1S. The van der Waals surface area contributed by atoms with Gasteiger partial charge in [-0.2, -0.15) is 5.43 Å². The van der Waals surface area contributed by atoms with Gasteiger partial charge in [-0.05, 0) is 0 Å². The zero-order valence-corrected chi connectivity index (χ0v) is 4.85. The summed E-state index contributed by atoms with van der Waals surface area (Å²) in [4.78, 5) is 10.4. The molecule has 6 heteroatoms. The van der Waals surface area contributed by atoms with Crippen LogP contribution in [0.25, 0.3) is 0 Å². The summed E-state index contributed by atoms with van der Waals surface area (Å²) in [6, 6.07) is -0.370. The van der Waals surface area contributed by atoms with E-state index in [0.717, 1.165) is 5.01 Å². The molecular weight excluding hydrogens is 128 g/mol. The van der Waals surface area contributed by atoms with E-state index >= 15 is 0 Å². The summed E-state index contributed by atoms with van der Waals surface area (Å²) in [5.41, 5.74) is 4.32. The molecule has 4 N–H and O–H groups in total. The lowest BCUT2D eigenvalue weighted by Gasteiger charge is -2.08. The average molecular weight is 134 g/mol. The standard InChI is InChI=1S/C2H6N4OS/c3-6-1(7)4-5-2(6)8/h2,5,8H,3H2,(H,4,7). The number of carbonyl (C=O) groups is 1. The van der Waals surface area contributed by atoms with Crippen molar-refractivity contribution in [1.29, 1.82) is 0 Å². The van der Waals surface area contributed by atoms with Crippen molar-refractivity contribution in [2.45, 2.75) is 5.50 Å². The van der Waals surface area contributed by atoms with E-state index in [0.29, 0.717) is 0 Å². The molecule has 1 unspecified atom stereocenters. The number of rotatable bonds is 0. The van der Waals surface area contributed by atoms with Crippen LogP contribution in [-0.2, 0) is 0 Å². The van der Waals surface area contributed by atoms with Gasteiger partial charge in [0.25, 0.3) is 0 Å². The lowest BCUT2D eigenvalue weighted by atomic mass is 11.0. The fraction of sp³-hybridized carbons (Fsp3) is 0.500. The second kappa shape index (κ2) is 1.81. The molecule has 46 valence electrons. The third kappa shape index (κ3) is 0.726. The Morgan fingerprint density at radius 1 is 1.88 bits per heavy atom. The number of thiol groups is 1. The highest BCUT2D eigenvalue weighted by atomic mass is 32.1. The maximum atomic E-state index is 10.4. The van der Waals surface area contributed by atoms with Crippen LogP contribution in [0.2, 0.25) is 0 Å². The van der Waals surface area contributed by atoms with Gasteiger partial charge in [-0.3, -0.25) is 5.43 Å². The summed E-state index contributed by atoms with van der Waals surface area (Å²) in [5, 5.41) is 0.948. The summed E-state index contributed by atoms with van der Waals surface area (Å²) in [5.74, 6) is 5.10. The first kappa shape index (κ1) is 5.67. The highest BCUT2D eigenvalue weighted by Crippen LogP contribution is 1.97. The minimum absolute atomic E-state index is 0.370. The smallest absolute Gasteiger partial charge is 0.269 e. The van der Waals surface area contributed by atoms with Crippen LogP contribution < -0.4 is 16.7 Å². The summed E-state index contributed by atoms with van der Waals surface area (Å²) in [7, 11) is 0. The number of nitrogens with one attached hydrogen (secondary N) is 2. The molecule has 0 radical (unpaired) electrons. The molecule has 8 heavy (non-hydrogen) atoms. The van der Waals surface area contributed by atoms with Gasteiger partial charge in [0.1, 0.15) is 0 Å². The normalized spacial score (nSPS) is 28.5. The van der Waals surface area contributed by atoms with Crippen molar-refractivity contribution in [2.24, 2.45) is 5.84 Å². The Morgan fingerprint density at radius 3 is 2.62 bits per heavy atom. The second-order valence-electron chi connectivity index (χ2n) is 1.36. The molecule has 5 nitrogen and oxygen atoms in total. The van der Waals surface area contributed by atoms with Crippen LogP contribution in [0.15, 0.2) is 0 Å². The number of hydrogen-bond acceptors (Lipinski definition) is 4. The molecule has 1 atom stereocenters. The number of nitrogens with two attached hydrogens (primary N) is 1. The molecule has 1 aliphatic rings. The molecule has 1 fully saturated rings. The zero-order chi connectivity index (χ0) is 6.15. The molecule has 0 bridgehead atoms. The summed E-state index contributed by atoms with van der Waals surface area (Å²) >= 11 is 3.85. The maximum absolute atomic E-state index is 10.4. The highest BCUT2D eigenvalue weighted by Gasteiger charge is 2.23. The molecule has 0 aliphatic carbocycles. The second-order valence-corrected chi connectivity index (χ2v) is 1.84. The molecule has 2 amide bonds. The van der Waals surface area contributed by atoms with Crippen molar-refractivity contribution in [3.05, 3.63) is 0 Å². The van der Waals surface area contributed by atoms with Crippen LogP contribution in [0.1, 0.15) is 0 Å². The molecule has 1 heterocycles. The number of urea groups is 1. The predicted molar refractivity (Wildman–Crippen MR) is 30.5 cm³/mol. The fourth-order valence-electron chi connectivity index (χ4n) is 0.371. The first-order valence-electron chi connectivity index (χ1n) is 1.99. The third-order valence-electron chi connectivity index (χ3n) is 0.806. The Labute approximate surface area is 51.6 Å². The van der Waals surface area contributed by atoms with Crippen LogP contribution in [0.4, 0.5) is 4.79 Å². The van der Waals surface area contributed by atoms with Crippen molar-refractivity contribution in [2.75, 3.05) is 0 Å². The Morgan fingerprint density at radius 2 is 2.50 bits per heavy atom. The van der Waals surface area contributed by atoms with Gasteiger partial charge in [0.05, 0.1) is 0 Å². The quantitative estimate of drug-likeness (QED) is 0.187. The number of hydrogen-bond donors (Lipinski definition) is 4. The largest absolute Gasteiger partial charge is 0.348 e. The summed E-state index contributed by atoms with van der Waals surface area (Å²) in [6.07, 6.45) is 0. The van der Waals surface area contributed by atoms with Crippen molar-refractivity contribution in [1.82, 2.24) is 15.9 Å². The third-order valence-corrected chi connectivity index (χ3v) is 1.18. The van der Waals surface area contributed by atoms with Gasteiger partial charge in [-0.25, -0.2) is 15.6 Å². The van der Waals surface area contributed by atoms with Crippen LogP contribution in [0, 0.1) is 0 Å². The van der Waals surface area contributed by atoms with Crippen molar-refractivity contribution < 1.29 is 4.79 Å². The van der Waals surface area contributed by atoms with Gasteiger partial charge in [0.15, 0.2) is 5.50 Å². The van der Waals surface area contributed by atoms with E-state index in [2.05, 4.69) is 23.5 Å². The molecule has 0 aromatic heterocycles. The Bertz CT molecular complexity index is 117. The molecule has 1 saturated heterocycles. The molecular formula is C2H6N4OS. The number of nitrogens with zero attached hydrogens (tertiary/aromatic N) is 1. The van der Waals surface area contributed by atoms with Crippen molar-refractivity contribution in [3.8, 4) is 0 Å². The predicted octanol–water partition coefficient (Wildman–Crippen LogP) is -1.40. The maximum Gasteiger partial charge on any atom is 0.348 e. The zero-order valence-electron chi connectivity index (χ0n) is 3.96. The molecule has 1 aliphatic heterocycles. The van der Waals surface area contributed by atoms with Gasteiger partial charge in [0.2, 0.25) is 0 Å². The van der Waals surface area contributed by atoms with Crippen molar-refractivity contribution in [3.63, 3.8) is 0 Å². The van der Waals surface area contributed by atoms with Crippen LogP contribution >= 0.6 is 12.6 Å². The van der Waals surface area contributed by atoms with E-state index in [-0.39, 0.29) is 6.03 Å². The first-order valence-corrected chi connectivity index (χ1v) is 2.51. The van der Waals surface area contributed by atoms with Crippen molar-refractivity contribution >= 4 is 18.7 Å². The molecule has 0 aromatic carbocycles. The van der Waals surface area contributed by atoms with Gasteiger partial charge >= 0.3 is 6.03 Å². The first-order chi connectivity index (χ1) is 3.72. The average Bonchev–Trinajstić information content (AvgIpc) is 1.98. The molecule has 0 saturated carbocycles. The van der Waals surface area contributed by atoms with Gasteiger partial charge in [-0.15, -0.1) is 12.6 Å². The van der Waals surface area contributed by atoms with Gasteiger partial charge < -0.3 is 0 Å². The van der Waals surface area contributed by atoms with Gasteiger partial charge in [0, 0.05) is 0 Å². The minimum Gasteiger partial charge on any atom is -0.269 e. The summed E-state index contributed by atoms with van der Waals surface area (Å²) < 4.78 is 0. The van der Waals surface area contributed by atoms with E-state index in [1.807, 2.05) is 0 Å². The fourth-order valence-corrected chi connectivity index (χ4v) is 0.541. The number of carbonyl (C=O) groups excluding carboxylic acids is 1. The van der Waals surface area contributed by atoms with E-state index in [9.17, 15) is 4.79 Å². The molecule has 1 rings (SSSR count). The Kier molecular flexibility index (Phi) is 1.28. The monoisotopic (exact) mass is 134 g/mol. The Hall–Kier alpha value is -0.460. The minimum atomic E-state index is -0.414. The van der Waals surface area contributed by atoms with Crippen LogP contribution in [0.5, 0.6) is 0 Å². The highest BCUT2D eigenvalue weighted by molar-refractivity contribution is 7.80.